The van der Waals surface area contributed by atoms with Crippen molar-refractivity contribution >= 4 is 0 Å². The monoisotopic (exact) mass is 131 g/mol. The van der Waals surface area contributed by atoms with E-state index in [4.69, 9.17) is 9.84 Å². The molecule has 0 amide bonds. The summed E-state index contributed by atoms with van der Waals surface area (Å²) < 4.78 is 5.07. The first kappa shape index (κ1) is 8.92. The Morgan fingerprint density at radius 2 is 2.22 bits per heavy atom. The Morgan fingerprint density at radius 1 is 1.56 bits per heavy atom. The normalized spacial score (nSPS) is 13.7. The molecule has 1 unspecified atom stereocenters. The second kappa shape index (κ2) is 6.05. The minimum atomic E-state index is -0.241. The largest absolute Gasteiger partial charge is 0.393 e. The molecule has 0 fully saturated rings. The average molecular weight is 131 g/mol. The highest BCUT2D eigenvalue weighted by atomic mass is 16.5. The molecule has 0 aliphatic rings. The van der Waals surface area contributed by atoms with Crippen molar-refractivity contribution in [3.63, 3.8) is 0 Å². The molecule has 0 saturated heterocycles. The van der Waals surface area contributed by atoms with E-state index in [2.05, 4.69) is 6.92 Å². The maximum absolute atomic E-state index is 8.76. The van der Waals surface area contributed by atoms with Crippen LogP contribution in [0.3, 0.4) is 0 Å². The van der Waals surface area contributed by atoms with E-state index in [1.54, 1.807) is 6.92 Å². The molecule has 0 bridgehead atoms. The SMILES string of the molecule is [CH2]CCOCCC(C)O. The molecule has 1 N–H and O–H groups in total. The third-order valence-corrected chi connectivity index (χ3v) is 0.969. The van der Waals surface area contributed by atoms with Gasteiger partial charge in [0.1, 0.15) is 0 Å². The number of aliphatic hydroxyl groups is 1. The molecule has 2 heteroatoms. The molecule has 9 heavy (non-hydrogen) atoms. The minimum Gasteiger partial charge on any atom is -0.393 e. The van der Waals surface area contributed by atoms with Crippen molar-refractivity contribution in [3.8, 4) is 0 Å². The third kappa shape index (κ3) is 7.92. The van der Waals surface area contributed by atoms with Crippen LogP contribution in [-0.4, -0.2) is 24.4 Å². The van der Waals surface area contributed by atoms with Crippen molar-refractivity contribution in [1.82, 2.24) is 0 Å². The molecule has 0 aliphatic carbocycles. The Bertz CT molecular complexity index is 52.9. The Labute approximate surface area is 56.8 Å². The Hall–Kier alpha value is -0.0800. The van der Waals surface area contributed by atoms with Crippen molar-refractivity contribution in [2.45, 2.75) is 25.9 Å². The fourth-order valence-corrected chi connectivity index (χ4v) is 0.458. The van der Waals surface area contributed by atoms with Gasteiger partial charge in [-0.2, -0.15) is 0 Å². The standard InChI is InChI=1S/C7H15O2/c1-3-5-9-6-4-7(2)8/h7-8H,1,3-6H2,2H3. The lowest BCUT2D eigenvalue weighted by Crippen LogP contribution is -2.05. The molecule has 2 nitrogen and oxygen atoms in total. The van der Waals surface area contributed by atoms with Crippen LogP contribution in [0.5, 0.6) is 0 Å². The van der Waals surface area contributed by atoms with Crippen LogP contribution in [0, 0.1) is 6.92 Å². The summed E-state index contributed by atoms with van der Waals surface area (Å²) >= 11 is 0. The van der Waals surface area contributed by atoms with Gasteiger partial charge < -0.3 is 9.84 Å². The Kier molecular flexibility index (Phi) is 5.99. The molecule has 0 spiro atoms. The maximum Gasteiger partial charge on any atom is 0.0534 e. The molecule has 55 valence electrons. The van der Waals surface area contributed by atoms with Gasteiger partial charge >= 0.3 is 0 Å². The summed E-state index contributed by atoms with van der Waals surface area (Å²) in [5, 5.41) is 8.76. The zero-order valence-electron chi connectivity index (χ0n) is 5.97. The fourth-order valence-electron chi connectivity index (χ4n) is 0.458. The van der Waals surface area contributed by atoms with Crippen molar-refractivity contribution in [2.24, 2.45) is 0 Å². The summed E-state index contributed by atoms with van der Waals surface area (Å²) in [6, 6.07) is 0. The summed E-state index contributed by atoms with van der Waals surface area (Å²) in [5.74, 6) is 0. The van der Waals surface area contributed by atoms with Crippen LogP contribution in [0.1, 0.15) is 19.8 Å². The predicted octanol–water partition coefficient (Wildman–Crippen LogP) is 0.998. The molecule has 0 saturated carbocycles. The smallest absolute Gasteiger partial charge is 0.0534 e. The second-order valence-electron chi connectivity index (χ2n) is 2.10. The van der Waals surface area contributed by atoms with Gasteiger partial charge in [-0.3, -0.25) is 0 Å². The lowest BCUT2D eigenvalue weighted by atomic mass is 10.3. The average Bonchev–Trinajstić information content (AvgIpc) is 1.80. The quantitative estimate of drug-likeness (QED) is 0.564. The minimum absolute atomic E-state index is 0.241. The van der Waals surface area contributed by atoms with Crippen LogP contribution in [0.2, 0.25) is 0 Å². The first-order valence-corrected chi connectivity index (χ1v) is 3.32. The summed E-state index contributed by atoms with van der Waals surface area (Å²) in [6.45, 7) is 6.72. The predicted molar refractivity (Wildman–Crippen MR) is 37.1 cm³/mol. The highest BCUT2D eigenvalue weighted by Crippen LogP contribution is 1.90. The lowest BCUT2D eigenvalue weighted by Gasteiger charge is -2.03. The van der Waals surface area contributed by atoms with Crippen LogP contribution in [0.4, 0.5) is 0 Å². The van der Waals surface area contributed by atoms with Gasteiger partial charge in [-0.1, -0.05) is 6.92 Å². The van der Waals surface area contributed by atoms with E-state index in [-0.39, 0.29) is 6.10 Å². The Balaban J connectivity index is 2.75. The van der Waals surface area contributed by atoms with E-state index in [1.807, 2.05) is 0 Å². The number of hydrogen-bond acceptors (Lipinski definition) is 2. The molecule has 0 aromatic rings. The van der Waals surface area contributed by atoms with Crippen molar-refractivity contribution in [1.29, 1.82) is 0 Å². The Morgan fingerprint density at radius 3 is 2.67 bits per heavy atom. The van der Waals surface area contributed by atoms with Crippen molar-refractivity contribution in [2.75, 3.05) is 13.2 Å². The van der Waals surface area contributed by atoms with E-state index in [1.165, 1.54) is 0 Å². The summed E-state index contributed by atoms with van der Waals surface area (Å²) in [7, 11) is 0. The third-order valence-electron chi connectivity index (χ3n) is 0.969. The zero-order valence-corrected chi connectivity index (χ0v) is 5.97. The lowest BCUT2D eigenvalue weighted by molar-refractivity contribution is 0.0917. The van der Waals surface area contributed by atoms with E-state index >= 15 is 0 Å². The maximum atomic E-state index is 8.76. The highest BCUT2D eigenvalue weighted by Gasteiger charge is 1.93. The molecule has 0 aromatic heterocycles. The summed E-state index contributed by atoms with van der Waals surface area (Å²) in [6.07, 6.45) is 1.29. The van der Waals surface area contributed by atoms with Gasteiger partial charge in [-0.25, -0.2) is 0 Å². The van der Waals surface area contributed by atoms with E-state index < -0.39 is 0 Å². The van der Waals surface area contributed by atoms with Crippen LogP contribution in [-0.2, 0) is 4.74 Å². The second-order valence-corrected chi connectivity index (χ2v) is 2.10. The van der Waals surface area contributed by atoms with Gasteiger partial charge in [-0.05, 0) is 19.8 Å². The number of aliphatic hydroxyl groups excluding tert-OH is 1. The fraction of sp³-hybridized carbons (Fsp3) is 0.857. The first-order chi connectivity index (χ1) is 4.27. The van der Waals surface area contributed by atoms with Crippen molar-refractivity contribution < 1.29 is 9.84 Å². The van der Waals surface area contributed by atoms with Gasteiger partial charge in [0.25, 0.3) is 0 Å². The summed E-state index contributed by atoms with van der Waals surface area (Å²) in [5.41, 5.74) is 0. The van der Waals surface area contributed by atoms with Crippen LogP contribution < -0.4 is 0 Å². The van der Waals surface area contributed by atoms with Crippen molar-refractivity contribution in [3.05, 3.63) is 6.92 Å². The van der Waals surface area contributed by atoms with Gasteiger partial charge in [-0.15, -0.1) is 0 Å². The summed E-state index contributed by atoms with van der Waals surface area (Å²) in [4.78, 5) is 0. The van der Waals surface area contributed by atoms with Gasteiger partial charge in [0, 0.05) is 13.2 Å². The van der Waals surface area contributed by atoms with Crippen LogP contribution in [0.15, 0.2) is 0 Å². The van der Waals surface area contributed by atoms with Crippen LogP contribution >= 0.6 is 0 Å². The van der Waals surface area contributed by atoms with E-state index in [9.17, 15) is 0 Å². The molecule has 0 heterocycles. The molecular weight excluding hydrogens is 116 g/mol. The van der Waals surface area contributed by atoms with E-state index in [0.29, 0.717) is 13.2 Å². The van der Waals surface area contributed by atoms with Crippen LogP contribution in [0.25, 0.3) is 0 Å². The number of ether oxygens (including phenoxy) is 1. The first-order valence-electron chi connectivity index (χ1n) is 3.32. The molecule has 0 aliphatic heterocycles. The zero-order chi connectivity index (χ0) is 7.11. The van der Waals surface area contributed by atoms with E-state index in [0.717, 1.165) is 12.8 Å². The molecule has 0 rings (SSSR count). The highest BCUT2D eigenvalue weighted by molar-refractivity contribution is 4.44. The van der Waals surface area contributed by atoms with Gasteiger partial charge in [0.2, 0.25) is 0 Å². The van der Waals surface area contributed by atoms with Gasteiger partial charge in [0.05, 0.1) is 6.10 Å². The van der Waals surface area contributed by atoms with Gasteiger partial charge in [0.15, 0.2) is 0 Å². The topological polar surface area (TPSA) is 29.5 Å². The number of rotatable bonds is 5. The molecule has 1 atom stereocenters. The molecular formula is C7H15O2. The number of hydrogen-bond donors (Lipinski definition) is 1. The molecule has 0 aromatic carbocycles. The molecule has 1 radical (unpaired) electrons.